The quantitative estimate of drug-likeness (QED) is 0.292. The molecule has 1 aromatic heterocycles. The molecule has 5 rings (SSSR count). The number of nitrogens with one attached hydrogen (secondary N) is 1. The average Bonchev–Trinajstić information content (AvgIpc) is 3.38. The van der Waals surface area contributed by atoms with Gasteiger partial charge < -0.3 is 24.1 Å². The number of ether oxygens (including phenoxy) is 2. The van der Waals surface area contributed by atoms with Gasteiger partial charge in [0, 0.05) is 16.3 Å². The Labute approximate surface area is 213 Å². The van der Waals surface area contributed by atoms with Crippen molar-refractivity contribution in [3.8, 4) is 11.5 Å². The molecule has 1 aliphatic heterocycles. The summed E-state index contributed by atoms with van der Waals surface area (Å²) in [6.07, 6.45) is 1.18. The standard InChI is InChI=1S/C27H22Cl2N2O4/c1-33-24-10-8-17(13-18(24)16-35-25-11-9-19(28)14-22(25)29)26-30-23-7-3-2-6-21(23)27(32)31(26)15-20-5-4-12-34-20/h2-14,26,30H,15-16H2,1H3/t26-/m1/s1. The molecule has 4 aromatic rings. The molecule has 0 saturated heterocycles. The van der Waals surface area contributed by atoms with E-state index in [9.17, 15) is 4.79 Å². The summed E-state index contributed by atoms with van der Waals surface area (Å²) in [6.45, 7) is 0.532. The van der Waals surface area contributed by atoms with Crippen LogP contribution < -0.4 is 14.8 Å². The van der Waals surface area contributed by atoms with Crippen LogP contribution >= 0.6 is 23.2 Å². The number of benzene rings is 3. The van der Waals surface area contributed by atoms with Gasteiger partial charge in [0.15, 0.2) is 0 Å². The molecule has 8 heteroatoms. The van der Waals surface area contributed by atoms with Crippen LogP contribution in [-0.4, -0.2) is 17.9 Å². The first kappa shape index (κ1) is 23.1. The van der Waals surface area contributed by atoms with E-state index >= 15 is 0 Å². The Morgan fingerprint density at radius 3 is 2.60 bits per heavy atom. The van der Waals surface area contributed by atoms with Crippen molar-refractivity contribution in [2.45, 2.75) is 19.3 Å². The SMILES string of the molecule is COc1ccc([C@@H]2Nc3ccccc3C(=O)N2Cc2ccco2)cc1COc1ccc(Cl)cc1Cl. The van der Waals surface area contributed by atoms with Gasteiger partial charge in [0.05, 0.1) is 30.5 Å². The van der Waals surface area contributed by atoms with Crippen molar-refractivity contribution in [1.29, 1.82) is 0 Å². The lowest BCUT2D eigenvalue weighted by Gasteiger charge is -2.38. The lowest BCUT2D eigenvalue weighted by atomic mass is 10.0. The predicted octanol–water partition coefficient (Wildman–Crippen LogP) is 6.94. The molecule has 178 valence electrons. The molecule has 0 aliphatic carbocycles. The molecule has 2 heterocycles. The number of nitrogens with zero attached hydrogens (tertiary/aromatic N) is 1. The van der Waals surface area contributed by atoms with E-state index in [4.69, 9.17) is 37.1 Å². The number of rotatable bonds is 7. The molecule has 0 unspecified atom stereocenters. The van der Waals surface area contributed by atoms with Crippen molar-refractivity contribution in [3.05, 3.63) is 112 Å². The van der Waals surface area contributed by atoms with Gasteiger partial charge in [-0.2, -0.15) is 0 Å². The summed E-state index contributed by atoms with van der Waals surface area (Å²) >= 11 is 12.3. The third kappa shape index (κ3) is 4.81. The zero-order valence-electron chi connectivity index (χ0n) is 18.8. The van der Waals surface area contributed by atoms with Crippen LogP contribution in [0.5, 0.6) is 11.5 Å². The maximum atomic E-state index is 13.5. The third-order valence-electron chi connectivity index (χ3n) is 5.83. The van der Waals surface area contributed by atoms with Crippen molar-refractivity contribution in [3.63, 3.8) is 0 Å². The van der Waals surface area contributed by atoms with Gasteiger partial charge in [-0.25, -0.2) is 0 Å². The van der Waals surface area contributed by atoms with Crippen LogP contribution in [0.4, 0.5) is 5.69 Å². The van der Waals surface area contributed by atoms with Crippen molar-refractivity contribution in [1.82, 2.24) is 4.90 Å². The molecule has 0 saturated carbocycles. The molecule has 1 atom stereocenters. The normalized spacial score (nSPS) is 14.9. The first-order valence-corrected chi connectivity index (χ1v) is 11.7. The van der Waals surface area contributed by atoms with Gasteiger partial charge in [0.25, 0.3) is 5.91 Å². The first-order chi connectivity index (χ1) is 17.0. The molecule has 0 bridgehead atoms. The molecule has 35 heavy (non-hydrogen) atoms. The molecule has 0 fully saturated rings. The Morgan fingerprint density at radius 2 is 1.83 bits per heavy atom. The molecular weight excluding hydrogens is 487 g/mol. The summed E-state index contributed by atoms with van der Waals surface area (Å²) in [5.74, 6) is 1.79. The highest BCUT2D eigenvalue weighted by Crippen LogP contribution is 2.36. The Morgan fingerprint density at radius 1 is 1.00 bits per heavy atom. The Hall–Kier alpha value is -3.61. The van der Waals surface area contributed by atoms with E-state index in [0.29, 0.717) is 39.4 Å². The number of hydrogen-bond donors (Lipinski definition) is 1. The number of halogens is 2. The van der Waals surface area contributed by atoms with Crippen LogP contribution in [0.25, 0.3) is 0 Å². The molecular formula is C27H22Cl2N2O4. The van der Waals surface area contributed by atoms with Gasteiger partial charge in [-0.15, -0.1) is 0 Å². The molecule has 1 aliphatic rings. The first-order valence-electron chi connectivity index (χ1n) is 11.0. The van der Waals surface area contributed by atoms with E-state index in [0.717, 1.165) is 16.8 Å². The number of hydrogen-bond acceptors (Lipinski definition) is 5. The van der Waals surface area contributed by atoms with Gasteiger partial charge in [-0.3, -0.25) is 4.79 Å². The van der Waals surface area contributed by atoms with Crippen LogP contribution in [0.3, 0.4) is 0 Å². The minimum absolute atomic E-state index is 0.0812. The van der Waals surface area contributed by atoms with Crippen LogP contribution in [-0.2, 0) is 13.2 Å². The maximum absolute atomic E-state index is 13.5. The fourth-order valence-corrected chi connectivity index (χ4v) is 4.58. The van der Waals surface area contributed by atoms with Gasteiger partial charge in [0.2, 0.25) is 0 Å². The zero-order valence-corrected chi connectivity index (χ0v) is 20.3. The van der Waals surface area contributed by atoms with Crippen molar-refractivity contribution in [2.75, 3.05) is 12.4 Å². The lowest BCUT2D eigenvalue weighted by Crippen LogP contribution is -2.42. The number of anilines is 1. The minimum Gasteiger partial charge on any atom is -0.496 e. The van der Waals surface area contributed by atoms with Crippen molar-refractivity contribution >= 4 is 34.8 Å². The Kier molecular flexibility index (Phi) is 6.57. The third-order valence-corrected chi connectivity index (χ3v) is 6.36. The number of carbonyl (C=O) groups excluding carboxylic acids is 1. The van der Waals surface area contributed by atoms with E-state index in [1.54, 1.807) is 36.5 Å². The number of amides is 1. The second kappa shape index (κ2) is 9.94. The number of furan rings is 1. The molecule has 0 radical (unpaired) electrons. The summed E-state index contributed by atoms with van der Waals surface area (Å²) in [7, 11) is 1.61. The second-order valence-corrected chi connectivity index (χ2v) is 8.88. The summed E-state index contributed by atoms with van der Waals surface area (Å²) < 4.78 is 17.1. The van der Waals surface area contributed by atoms with E-state index < -0.39 is 6.17 Å². The maximum Gasteiger partial charge on any atom is 0.258 e. The summed E-state index contributed by atoms with van der Waals surface area (Å²) in [6, 6.07) is 22.0. The zero-order chi connectivity index (χ0) is 24.4. The smallest absolute Gasteiger partial charge is 0.258 e. The Bertz CT molecular complexity index is 1360. The molecule has 3 aromatic carbocycles. The lowest BCUT2D eigenvalue weighted by molar-refractivity contribution is 0.0651. The Balaban J connectivity index is 1.48. The van der Waals surface area contributed by atoms with E-state index in [-0.39, 0.29) is 12.5 Å². The van der Waals surface area contributed by atoms with Crippen LogP contribution in [0.15, 0.2) is 83.5 Å². The largest absolute Gasteiger partial charge is 0.496 e. The number of methoxy groups -OCH3 is 1. The molecule has 6 nitrogen and oxygen atoms in total. The number of para-hydroxylation sites is 1. The van der Waals surface area contributed by atoms with Crippen LogP contribution in [0.1, 0.15) is 33.4 Å². The van der Waals surface area contributed by atoms with Crippen molar-refractivity contribution in [2.24, 2.45) is 0 Å². The van der Waals surface area contributed by atoms with Crippen molar-refractivity contribution < 1.29 is 18.7 Å². The van der Waals surface area contributed by atoms with E-state index in [1.165, 1.54) is 0 Å². The number of fused-ring (bicyclic) bond motifs is 1. The molecule has 0 spiro atoms. The summed E-state index contributed by atoms with van der Waals surface area (Å²) in [5.41, 5.74) is 3.08. The van der Waals surface area contributed by atoms with Gasteiger partial charge >= 0.3 is 0 Å². The summed E-state index contributed by atoms with van der Waals surface area (Å²) in [4.78, 5) is 15.2. The molecule has 1 N–H and O–H groups in total. The van der Waals surface area contributed by atoms with E-state index in [1.807, 2.05) is 54.6 Å². The van der Waals surface area contributed by atoms with E-state index in [2.05, 4.69) is 5.32 Å². The topological polar surface area (TPSA) is 63.9 Å². The highest BCUT2D eigenvalue weighted by Gasteiger charge is 2.33. The minimum atomic E-state index is -0.425. The monoisotopic (exact) mass is 508 g/mol. The fourth-order valence-electron chi connectivity index (χ4n) is 4.12. The van der Waals surface area contributed by atoms with Crippen LogP contribution in [0, 0.1) is 0 Å². The van der Waals surface area contributed by atoms with Crippen LogP contribution in [0.2, 0.25) is 10.0 Å². The number of carbonyl (C=O) groups is 1. The highest BCUT2D eigenvalue weighted by molar-refractivity contribution is 6.35. The second-order valence-electron chi connectivity index (χ2n) is 8.04. The average molecular weight is 509 g/mol. The molecule has 1 amide bonds. The van der Waals surface area contributed by atoms with Gasteiger partial charge in [-0.1, -0.05) is 41.4 Å². The predicted molar refractivity (Wildman–Crippen MR) is 135 cm³/mol. The highest BCUT2D eigenvalue weighted by atomic mass is 35.5. The fraction of sp³-hybridized carbons (Fsp3) is 0.148. The van der Waals surface area contributed by atoms with Gasteiger partial charge in [0.1, 0.15) is 30.0 Å². The summed E-state index contributed by atoms with van der Waals surface area (Å²) in [5, 5.41) is 4.46. The van der Waals surface area contributed by atoms with Gasteiger partial charge in [-0.05, 0) is 60.2 Å².